The van der Waals surface area contributed by atoms with E-state index in [1.165, 1.54) is 0 Å². The van der Waals surface area contributed by atoms with Crippen LogP contribution < -0.4 is 5.73 Å². The van der Waals surface area contributed by atoms with Gasteiger partial charge < -0.3 is 14.6 Å². The van der Waals surface area contributed by atoms with Crippen molar-refractivity contribution in [1.82, 2.24) is 20.2 Å². The van der Waals surface area contributed by atoms with Gasteiger partial charge in [-0.25, -0.2) is 9.97 Å². The van der Waals surface area contributed by atoms with Crippen molar-refractivity contribution >= 4 is 0 Å². The third-order valence-electron chi connectivity index (χ3n) is 3.94. The van der Waals surface area contributed by atoms with E-state index < -0.39 is 0 Å². The average molecular weight is 341 g/mol. The van der Waals surface area contributed by atoms with Crippen LogP contribution in [0.1, 0.15) is 56.5 Å². The van der Waals surface area contributed by atoms with Crippen LogP contribution in [0.15, 0.2) is 27.4 Å². The number of rotatable bonds is 6. The Balaban J connectivity index is 1.99. The van der Waals surface area contributed by atoms with E-state index in [0.29, 0.717) is 36.1 Å². The molecule has 0 bridgehead atoms. The molecule has 0 unspecified atom stereocenters. The Hall–Kier alpha value is -2.54. The zero-order valence-corrected chi connectivity index (χ0v) is 15.0. The van der Waals surface area contributed by atoms with Crippen molar-refractivity contribution < 1.29 is 8.83 Å². The highest BCUT2D eigenvalue weighted by atomic mass is 16.3. The molecule has 2 N–H and O–H groups in total. The van der Waals surface area contributed by atoms with Gasteiger partial charge in [0.15, 0.2) is 5.69 Å². The monoisotopic (exact) mass is 341 g/mol. The Kier molecular flexibility index (Phi) is 4.94. The van der Waals surface area contributed by atoms with Crippen LogP contribution in [0.3, 0.4) is 0 Å². The van der Waals surface area contributed by atoms with Crippen LogP contribution in [0.4, 0.5) is 0 Å². The first kappa shape index (κ1) is 17.3. The number of oxazole rings is 2. The van der Waals surface area contributed by atoms with Gasteiger partial charge in [0.25, 0.3) is 0 Å². The van der Waals surface area contributed by atoms with Crippen LogP contribution in [0.5, 0.6) is 0 Å². The highest BCUT2D eigenvalue weighted by Crippen LogP contribution is 2.27. The minimum atomic E-state index is 0.282. The maximum atomic E-state index is 5.76. The lowest BCUT2D eigenvalue weighted by Crippen LogP contribution is -2.07. The summed E-state index contributed by atoms with van der Waals surface area (Å²) in [6.45, 7) is 8.73. The molecule has 0 atom stereocenters. The van der Waals surface area contributed by atoms with Gasteiger partial charge in [0.2, 0.25) is 11.8 Å². The number of hydrogen-bond donors (Lipinski definition) is 1. The van der Waals surface area contributed by atoms with Crippen LogP contribution in [-0.2, 0) is 6.42 Å². The Bertz CT molecular complexity index is 851. The van der Waals surface area contributed by atoms with Crippen LogP contribution in [0.25, 0.3) is 23.2 Å². The predicted octanol–water partition coefficient (Wildman–Crippen LogP) is 3.53. The summed E-state index contributed by atoms with van der Waals surface area (Å²) in [7, 11) is 0. The van der Waals surface area contributed by atoms with Gasteiger partial charge in [-0.1, -0.05) is 27.7 Å². The summed E-state index contributed by atoms with van der Waals surface area (Å²) in [5.74, 6) is 1.48. The molecule has 7 heteroatoms. The van der Waals surface area contributed by atoms with Crippen molar-refractivity contribution in [3.63, 3.8) is 0 Å². The van der Waals surface area contributed by atoms with E-state index in [4.69, 9.17) is 14.6 Å². The van der Waals surface area contributed by atoms with Crippen LogP contribution >= 0.6 is 0 Å². The molecule has 0 saturated heterocycles. The molecule has 132 valence electrons. The molecule has 3 aromatic rings. The van der Waals surface area contributed by atoms with Gasteiger partial charge in [-0.15, -0.1) is 10.2 Å². The molecule has 3 rings (SSSR count). The van der Waals surface area contributed by atoms with Gasteiger partial charge in [0.1, 0.15) is 18.2 Å². The normalized spacial score (nSPS) is 11.6. The second-order valence-electron chi connectivity index (χ2n) is 6.61. The van der Waals surface area contributed by atoms with E-state index in [0.717, 1.165) is 17.0 Å². The smallest absolute Gasteiger partial charge is 0.247 e. The average Bonchev–Trinajstić information content (AvgIpc) is 3.25. The van der Waals surface area contributed by atoms with E-state index in [1.54, 1.807) is 12.5 Å². The number of aromatic nitrogens is 4. The number of nitrogens with zero attached hydrogens (tertiary/aromatic N) is 4. The molecule has 3 heterocycles. The second-order valence-corrected chi connectivity index (χ2v) is 6.61. The Morgan fingerprint density at radius 2 is 1.52 bits per heavy atom. The number of hydrogen-bond acceptors (Lipinski definition) is 7. The van der Waals surface area contributed by atoms with Crippen molar-refractivity contribution in [2.75, 3.05) is 6.54 Å². The van der Waals surface area contributed by atoms with Gasteiger partial charge in [0, 0.05) is 0 Å². The van der Waals surface area contributed by atoms with E-state index >= 15 is 0 Å². The summed E-state index contributed by atoms with van der Waals surface area (Å²) in [6.07, 6.45) is 3.95. The Morgan fingerprint density at radius 1 is 0.920 bits per heavy atom. The summed E-state index contributed by atoms with van der Waals surface area (Å²) in [5, 5.41) is 8.56. The minimum absolute atomic E-state index is 0.282. The van der Waals surface area contributed by atoms with E-state index in [2.05, 4.69) is 47.9 Å². The fraction of sp³-hybridized carbons (Fsp3) is 0.444. The van der Waals surface area contributed by atoms with Gasteiger partial charge in [-0.2, -0.15) is 0 Å². The molecule has 0 spiro atoms. The summed E-state index contributed by atoms with van der Waals surface area (Å²) in [6, 6.07) is 1.89. The topological polar surface area (TPSA) is 104 Å². The zero-order chi connectivity index (χ0) is 18.0. The zero-order valence-electron chi connectivity index (χ0n) is 15.0. The van der Waals surface area contributed by atoms with Gasteiger partial charge in [0.05, 0.1) is 11.4 Å². The molecule has 0 aliphatic carbocycles. The van der Waals surface area contributed by atoms with Crippen molar-refractivity contribution in [2.24, 2.45) is 5.73 Å². The molecule has 7 nitrogen and oxygen atoms in total. The van der Waals surface area contributed by atoms with E-state index in [9.17, 15) is 0 Å². The molecule has 0 aliphatic heterocycles. The molecule has 0 radical (unpaired) electrons. The largest absolute Gasteiger partial charge is 0.443 e. The third-order valence-corrected chi connectivity index (χ3v) is 3.94. The van der Waals surface area contributed by atoms with Crippen molar-refractivity contribution in [3.8, 4) is 23.2 Å². The summed E-state index contributed by atoms with van der Waals surface area (Å²) in [5.41, 5.74) is 9.62. The summed E-state index contributed by atoms with van der Waals surface area (Å²) in [4.78, 5) is 8.98. The molecule has 0 aliphatic rings. The predicted molar refractivity (Wildman–Crippen MR) is 94.0 cm³/mol. The summed E-state index contributed by atoms with van der Waals surface area (Å²) >= 11 is 0. The summed E-state index contributed by atoms with van der Waals surface area (Å²) < 4.78 is 11.1. The van der Waals surface area contributed by atoms with Gasteiger partial charge in [-0.05, 0) is 36.4 Å². The highest BCUT2D eigenvalue weighted by Gasteiger charge is 2.18. The van der Waals surface area contributed by atoms with Gasteiger partial charge >= 0.3 is 0 Å². The lowest BCUT2D eigenvalue weighted by atomic mass is 10.1. The first-order chi connectivity index (χ1) is 12.0. The Labute approximate surface area is 146 Å². The van der Waals surface area contributed by atoms with E-state index in [1.807, 2.05) is 6.07 Å². The first-order valence-electron chi connectivity index (χ1n) is 8.47. The van der Waals surface area contributed by atoms with E-state index in [-0.39, 0.29) is 11.8 Å². The second kappa shape index (κ2) is 7.14. The lowest BCUT2D eigenvalue weighted by molar-refractivity contribution is 0.562. The lowest BCUT2D eigenvalue weighted by Gasteiger charge is -2.05. The van der Waals surface area contributed by atoms with Crippen LogP contribution in [0, 0.1) is 0 Å². The van der Waals surface area contributed by atoms with Gasteiger partial charge in [-0.3, -0.25) is 0 Å². The highest BCUT2D eigenvalue weighted by molar-refractivity contribution is 5.58. The molecule has 25 heavy (non-hydrogen) atoms. The molecule has 0 aromatic carbocycles. The van der Waals surface area contributed by atoms with Crippen molar-refractivity contribution in [3.05, 3.63) is 35.5 Å². The maximum Gasteiger partial charge on any atom is 0.247 e. The van der Waals surface area contributed by atoms with Crippen LogP contribution in [-0.4, -0.2) is 26.7 Å². The molecular weight excluding hydrogens is 318 g/mol. The molecule has 0 amide bonds. The third kappa shape index (κ3) is 3.61. The molecule has 3 aromatic heterocycles. The molecule has 0 fully saturated rings. The molecule has 0 saturated carbocycles. The molecular formula is C18H23N5O2. The SMILES string of the molecule is CC(C)c1coc(-c2cc(CCN)c(-c3nc(C(C)C)co3)nn2)n1. The minimum Gasteiger partial charge on any atom is -0.443 e. The fourth-order valence-corrected chi connectivity index (χ4v) is 2.39. The quantitative estimate of drug-likeness (QED) is 0.731. The number of nitrogens with two attached hydrogens (primary N) is 1. The first-order valence-corrected chi connectivity index (χ1v) is 8.47. The van der Waals surface area contributed by atoms with Crippen molar-refractivity contribution in [2.45, 2.75) is 46.0 Å². The Morgan fingerprint density at radius 3 is 2.08 bits per heavy atom. The fourth-order valence-electron chi connectivity index (χ4n) is 2.39. The van der Waals surface area contributed by atoms with Crippen molar-refractivity contribution in [1.29, 1.82) is 0 Å². The standard InChI is InChI=1S/C18H23N5O2/c1-10(2)14-8-24-17(20-14)13-7-12(5-6-19)16(23-22-13)18-21-15(9-25-18)11(3)4/h7-11H,5-6,19H2,1-4H3. The maximum absolute atomic E-state index is 5.76. The van der Waals surface area contributed by atoms with Crippen LogP contribution in [0.2, 0.25) is 0 Å².